The monoisotopic (exact) mass is 187 g/mol. The van der Waals surface area contributed by atoms with E-state index in [0.29, 0.717) is 19.3 Å². The van der Waals surface area contributed by atoms with Gasteiger partial charge in [-0.15, -0.1) is 0 Å². The van der Waals surface area contributed by atoms with Gasteiger partial charge in [-0.1, -0.05) is 0 Å². The van der Waals surface area contributed by atoms with Crippen LogP contribution < -0.4 is 5.32 Å². The van der Waals surface area contributed by atoms with Crippen molar-refractivity contribution in [2.45, 2.75) is 45.4 Å². The molecule has 0 amide bonds. The summed E-state index contributed by atoms with van der Waals surface area (Å²) in [6.07, 6.45) is 2.37. The Bertz CT molecular complexity index is 138. The molecule has 13 heavy (non-hydrogen) atoms. The fourth-order valence-corrected chi connectivity index (χ4v) is 1.95. The summed E-state index contributed by atoms with van der Waals surface area (Å²) in [6, 6.07) is 0.354. The Labute approximate surface area is 80.8 Å². The molecule has 1 saturated heterocycles. The third-order valence-electron chi connectivity index (χ3n) is 2.56. The van der Waals surface area contributed by atoms with Crippen molar-refractivity contribution in [3.63, 3.8) is 0 Å². The van der Waals surface area contributed by atoms with E-state index in [1.54, 1.807) is 0 Å². The molecule has 1 aliphatic rings. The van der Waals surface area contributed by atoms with Crippen LogP contribution in [0.3, 0.4) is 0 Å². The first-order valence-corrected chi connectivity index (χ1v) is 5.24. The highest BCUT2D eigenvalue weighted by molar-refractivity contribution is 4.86. The minimum Gasteiger partial charge on any atom is -0.349 e. The lowest BCUT2D eigenvalue weighted by Gasteiger charge is -2.34. The predicted molar refractivity (Wildman–Crippen MR) is 52.7 cm³/mol. The molecule has 3 heteroatoms. The molecule has 78 valence electrons. The summed E-state index contributed by atoms with van der Waals surface area (Å²) < 4.78 is 11.3. The van der Waals surface area contributed by atoms with E-state index < -0.39 is 5.79 Å². The Hall–Kier alpha value is -0.120. The van der Waals surface area contributed by atoms with Crippen LogP contribution in [0.15, 0.2) is 0 Å². The van der Waals surface area contributed by atoms with Crippen LogP contribution in [0.2, 0.25) is 0 Å². The highest BCUT2D eigenvalue weighted by atomic mass is 16.7. The smallest absolute Gasteiger partial charge is 0.180 e. The van der Waals surface area contributed by atoms with Crippen LogP contribution in [0.25, 0.3) is 0 Å². The van der Waals surface area contributed by atoms with Gasteiger partial charge in [-0.05, 0) is 40.2 Å². The van der Waals surface area contributed by atoms with Gasteiger partial charge in [0.1, 0.15) is 0 Å². The standard InChI is InChI=1S/C10H21NO2/c1-4-12-10(3,13-5-2)9-7-6-8-11-9/h9,11H,4-8H2,1-3H3. The zero-order valence-corrected chi connectivity index (χ0v) is 8.93. The third-order valence-corrected chi connectivity index (χ3v) is 2.56. The molecule has 0 aliphatic carbocycles. The Kier molecular flexibility index (Phi) is 4.16. The van der Waals surface area contributed by atoms with Crippen LogP contribution >= 0.6 is 0 Å². The third kappa shape index (κ3) is 2.66. The SMILES string of the molecule is CCOC(C)(OCC)C1CCCN1. The van der Waals surface area contributed by atoms with Gasteiger partial charge in [0.2, 0.25) is 0 Å². The van der Waals surface area contributed by atoms with Crippen LogP contribution in [-0.2, 0) is 9.47 Å². The van der Waals surface area contributed by atoms with Crippen molar-refractivity contribution in [3.8, 4) is 0 Å². The summed E-state index contributed by atoms with van der Waals surface area (Å²) in [7, 11) is 0. The minimum absolute atomic E-state index is 0.354. The molecule has 0 bridgehead atoms. The van der Waals surface area contributed by atoms with Crippen molar-refractivity contribution in [3.05, 3.63) is 0 Å². The molecule has 1 atom stereocenters. The number of hydrogen-bond acceptors (Lipinski definition) is 3. The van der Waals surface area contributed by atoms with Crippen LogP contribution in [0, 0.1) is 0 Å². The average Bonchev–Trinajstić information content (AvgIpc) is 2.57. The van der Waals surface area contributed by atoms with Crippen LogP contribution in [0.5, 0.6) is 0 Å². The molecule has 1 rings (SSSR count). The van der Waals surface area contributed by atoms with Gasteiger partial charge in [0, 0.05) is 13.2 Å². The first-order valence-electron chi connectivity index (χ1n) is 5.24. The molecular weight excluding hydrogens is 166 g/mol. The summed E-state index contributed by atoms with van der Waals surface area (Å²) in [5, 5.41) is 3.42. The lowest BCUT2D eigenvalue weighted by molar-refractivity contribution is -0.235. The van der Waals surface area contributed by atoms with Crippen molar-refractivity contribution in [2.75, 3.05) is 19.8 Å². The first-order chi connectivity index (χ1) is 6.23. The van der Waals surface area contributed by atoms with E-state index in [1.165, 1.54) is 6.42 Å². The highest BCUT2D eigenvalue weighted by Crippen LogP contribution is 2.24. The van der Waals surface area contributed by atoms with Gasteiger partial charge in [0.25, 0.3) is 0 Å². The molecule has 0 aromatic rings. The maximum Gasteiger partial charge on any atom is 0.180 e. The van der Waals surface area contributed by atoms with E-state index in [9.17, 15) is 0 Å². The summed E-state index contributed by atoms with van der Waals surface area (Å²) in [5.41, 5.74) is 0. The molecule has 1 unspecified atom stereocenters. The normalized spacial score (nSPS) is 23.8. The average molecular weight is 187 g/mol. The fourth-order valence-electron chi connectivity index (χ4n) is 1.95. The highest BCUT2D eigenvalue weighted by Gasteiger charge is 2.37. The molecule has 1 N–H and O–H groups in total. The summed E-state index contributed by atoms with van der Waals surface area (Å²) in [6.45, 7) is 8.53. The first kappa shape index (κ1) is 11.0. The van der Waals surface area contributed by atoms with E-state index in [2.05, 4.69) is 5.32 Å². The van der Waals surface area contributed by atoms with Crippen LogP contribution in [0.4, 0.5) is 0 Å². The zero-order chi connectivity index (χ0) is 9.73. The van der Waals surface area contributed by atoms with Crippen molar-refractivity contribution >= 4 is 0 Å². The molecule has 0 saturated carbocycles. The van der Waals surface area contributed by atoms with Gasteiger partial charge >= 0.3 is 0 Å². The van der Waals surface area contributed by atoms with Crippen molar-refractivity contribution in [1.29, 1.82) is 0 Å². The van der Waals surface area contributed by atoms with Crippen molar-refractivity contribution in [2.24, 2.45) is 0 Å². The molecule has 0 aromatic carbocycles. The Morgan fingerprint density at radius 2 is 1.92 bits per heavy atom. The second-order valence-electron chi connectivity index (χ2n) is 3.53. The molecule has 3 nitrogen and oxygen atoms in total. The van der Waals surface area contributed by atoms with E-state index in [-0.39, 0.29) is 0 Å². The number of ether oxygens (including phenoxy) is 2. The Balaban J connectivity index is 2.52. The number of hydrogen-bond donors (Lipinski definition) is 1. The van der Waals surface area contributed by atoms with Gasteiger partial charge in [-0.25, -0.2) is 0 Å². The largest absolute Gasteiger partial charge is 0.349 e. The predicted octanol–water partition coefficient (Wildman–Crippen LogP) is 1.53. The quantitative estimate of drug-likeness (QED) is 0.662. The number of rotatable bonds is 5. The summed E-state index contributed by atoms with van der Waals surface area (Å²) in [4.78, 5) is 0. The van der Waals surface area contributed by atoms with E-state index >= 15 is 0 Å². The molecular formula is C10H21NO2. The van der Waals surface area contributed by atoms with Gasteiger partial charge in [-0.3, -0.25) is 0 Å². The van der Waals surface area contributed by atoms with Gasteiger partial charge < -0.3 is 14.8 Å². The molecule has 0 radical (unpaired) electrons. The van der Waals surface area contributed by atoms with Crippen LogP contribution in [0.1, 0.15) is 33.6 Å². The topological polar surface area (TPSA) is 30.5 Å². The lowest BCUT2D eigenvalue weighted by Crippen LogP contribution is -2.49. The van der Waals surface area contributed by atoms with Gasteiger partial charge in [0.05, 0.1) is 6.04 Å². The van der Waals surface area contributed by atoms with Gasteiger partial charge in [-0.2, -0.15) is 0 Å². The Morgan fingerprint density at radius 1 is 1.31 bits per heavy atom. The second-order valence-corrected chi connectivity index (χ2v) is 3.53. The van der Waals surface area contributed by atoms with Gasteiger partial charge in [0.15, 0.2) is 5.79 Å². The summed E-state index contributed by atoms with van der Waals surface area (Å²) in [5.74, 6) is -0.431. The fraction of sp³-hybridized carbons (Fsp3) is 1.00. The zero-order valence-electron chi connectivity index (χ0n) is 8.93. The number of nitrogens with one attached hydrogen (secondary N) is 1. The molecule has 0 spiro atoms. The second kappa shape index (κ2) is 4.94. The van der Waals surface area contributed by atoms with Crippen LogP contribution in [-0.4, -0.2) is 31.6 Å². The molecule has 1 heterocycles. The maximum absolute atomic E-state index is 5.67. The summed E-state index contributed by atoms with van der Waals surface area (Å²) >= 11 is 0. The van der Waals surface area contributed by atoms with E-state index in [1.807, 2.05) is 20.8 Å². The van der Waals surface area contributed by atoms with E-state index in [4.69, 9.17) is 9.47 Å². The maximum atomic E-state index is 5.67. The Morgan fingerprint density at radius 3 is 2.31 bits per heavy atom. The minimum atomic E-state index is -0.431. The van der Waals surface area contributed by atoms with Crippen molar-refractivity contribution in [1.82, 2.24) is 5.32 Å². The lowest BCUT2D eigenvalue weighted by atomic mass is 10.1. The molecule has 0 aromatic heterocycles. The molecule has 1 fully saturated rings. The van der Waals surface area contributed by atoms with E-state index in [0.717, 1.165) is 13.0 Å². The van der Waals surface area contributed by atoms with Crippen molar-refractivity contribution < 1.29 is 9.47 Å². The molecule has 1 aliphatic heterocycles.